The van der Waals surface area contributed by atoms with Crippen molar-refractivity contribution in [3.63, 3.8) is 0 Å². The smallest absolute Gasteiger partial charge is 0.357 e. The van der Waals surface area contributed by atoms with Gasteiger partial charge in [-0.25, -0.2) is 14.2 Å². The zero-order chi connectivity index (χ0) is 12.4. The molecule has 1 heterocycles. The Balaban J connectivity index is 2.44. The van der Waals surface area contributed by atoms with Crippen molar-refractivity contribution in [2.75, 3.05) is 7.11 Å². The van der Waals surface area contributed by atoms with Gasteiger partial charge in [-0.15, -0.1) is 11.3 Å². The lowest BCUT2D eigenvalue weighted by molar-refractivity contribution is 0.0595. The Labute approximate surface area is 102 Å². The van der Waals surface area contributed by atoms with E-state index in [-0.39, 0.29) is 11.5 Å². The molecular weight excluding hydrogens is 241 g/mol. The second-order valence-corrected chi connectivity index (χ2v) is 4.32. The Morgan fingerprint density at radius 3 is 2.94 bits per heavy atom. The van der Waals surface area contributed by atoms with Crippen LogP contribution in [0.3, 0.4) is 0 Å². The average molecular weight is 251 g/mol. The van der Waals surface area contributed by atoms with E-state index in [1.54, 1.807) is 30.5 Å². The predicted molar refractivity (Wildman–Crippen MR) is 63.6 cm³/mol. The molecule has 0 atom stereocenters. The number of thiazole rings is 1. The van der Waals surface area contributed by atoms with Crippen LogP contribution in [-0.2, 0) is 4.74 Å². The summed E-state index contributed by atoms with van der Waals surface area (Å²) in [7, 11) is 1.29. The molecule has 88 valence electrons. The lowest BCUT2D eigenvalue weighted by Gasteiger charge is -2.01. The Hall–Kier alpha value is -1.75. The van der Waals surface area contributed by atoms with Crippen LogP contribution in [0.4, 0.5) is 4.39 Å². The molecule has 1 aromatic carbocycles. The maximum absolute atomic E-state index is 13.8. The minimum atomic E-state index is -0.513. The number of methoxy groups -OCH3 is 1. The Morgan fingerprint density at radius 1 is 1.47 bits per heavy atom. The number of aryl methyl sites for hydroxylation is 1. The molecule has 5 heteroatoms. The highest BCUT2D eigenvalue weighted by atomic mass is 32.1. The fourth-order valence-electron chi connectivity index (χ4n) is 1.41. The van der Waals surface area contributed by atoms with Crippen LogP contribution in [0.25, 0.3) is 10.6 Å². The van der Waals surface area contributed by atoms with E-state index >= 15 is 0 Å². The fourth-order valence-corrected chi connectivity index (χ4v) is 2.22. The maximum atomic E-state index is 13.8. The molecule has 0 aliphatic heterocycles. The highest BCUT2D eigenvalue weighted by molar-refractivity contribution is 7.13. The molecule has 0 N–H and O–H groups in total. The highest BCUT2D eigenvalue weighted by Gasteiger charge is 2.14. The van der Waals surface area contributed by atoms with Crippen LogP contribution in [0.1, 0.15) is 16.1 Å². The molecule has 0 aliphatic rings. The molecule has 0 unspecified atom stereocenters. The van der Waals surface area contributed by atoms with Crippen LogP contribution < -0.4 is 0 Å². The number of benzene rings is 1. The van der Waals surface area contributed by atoms with Crippen molar-refractivity contribution < 1.29 is 13.9 Å². The zero-order valence-electron chi connectivity index (χ0n) is 9.36. The van der Waals surface area contributed by atoms with E-state index < -0.39 is 5.97 Å². The zero-order valence-corrected chi connectivity index (χ0v) is 10.2. The number of carbonyl (C=O) groups excluding carboxylic acids is 1. The van der Waals surface area contributed by atoms with Gasteiger partial charge < -0.3 is 4.74 Å². The Kier molecular flexibility index (Phi) is 3.19. The molecule has 17 heavy (non-hydrogen) atoms. The van der Waals surface area contributed by atoms with Gasteiger partial charge in [0.15, 0.2) is 5.69 Å². The predicted octanol–water partition coefficient (Wildman–Crippen LogP) is 3.04. The van der Waals surface area contributed by atoms with Gasteiger partial charge in [0.1, 0.15) is 10.8 Å². The molecule has 2 aromatic rings. The average Bonchev–Trinajstić information content (AvgIpc) is 2.81. The number of halogens is 1. The molecule has 0 spiro atoms. The molecule has 1 aromatic heterocycles. The number of carbonyl (C=O) groups is 1. The summed E-state index contributed by atoms with van der Waals surface area (Å²) < 4.78 is 18.4. The van der Waals surface area contributed by atoms with Gasteiger partial charge in [0.05, 0.1) is 7.11 Å². The van der Waals surface area contributed by atoms with Crippen molar-refractivity contribution >= 4 is 17.3 Å². The Morgan fingerprint density at radius 2 is 2.24 bits per heavy atom. The summed E-state index contributed by atoms with van der Waals surface area (Å²) in [6.45, 7) is 1.69. The van der Waals surface area contributed by atoms with E-state index in [4.69, 9.17) is 0 Å². The van der Waals surface area contributed by atoms with Gasteiger partial charge in [0.25, 0.3) is 0 Å². The summed E-state index contributed by atoms with van der Waals surface area (Å²) in [5.74, 6) is -0.821. The number of aromatic nitrogens is 1. The molecule has 0 bridgehead atoms. The van der Waals surface area contributed by atoms with Crippen molar-refractivity contribution in [1.29, 1.82) is 0 Å². The van der Waals surface area contributed by atoms with Gasteiger partial charge in [-0.3, -0.25) is 0 Å². The van der Waals surface area contributed by atoms with E-state index in [2.05, 4.69) is 9.72 Å². The minimum Gasteiger partial charge on any atom is -0.464 e. The van der Waals surface area contributed by atoms with Crippen LogP contribution in [0.2, 0.25) is 0 Å². The fraction of sp³-hybridized carbons (Fsp3) is 0.167. The van der Waals surface area contributed by atoms with Gasteiger partial charge in [-0.2, -0.15) is 0 Å². The molecule has 0 radical (unpaired) electrons. The second kappa shape index (κ2) is 4.63. The van der Waals surface area contributed by atoms with Crippen molar-refractivity contribution in [2.24, 2.45) is 0 Å². The first kappa shape index (κ1) is 11.7. The van der Waals surface area contributed by atoms with Crippen LogP contribution in [-0.4, -0.2) is 18.1 Å². The summed E-state index contributed by atoms with van der Waals surface area (Å²) in [5, 5.41) is 2.04. The lowest BCUT2D eigenvalue weighted by Crippen LogP contribution is -2.01. The minimum absolute atomic E-state index is 0.202. The summed E-state index contributed by atoms with van der Waals surface area (Å²) in [4.78, 5) is 15.3. The number of hydrogen-bond donors (Lipinski definition) is 0. The molecular formula is C12H10FNO2S. The van der Waals surface area contributed by atoms with E-state index in [9.17, 15) is 9.18 Å². The Bertz CT molecular complexity index is 565. The first-order valence-electron chi connectivity index (χ1n) is 4.93. The maximum Gasteiger partial charge on any atom is 0.357 e. The summed E-state index contributed by atoms with van der Waals surface area (Å²) in [6, 6.07) is 5.09. The highest BCUT2D eigenvalue weighted by Crippen LogP contribution is 2.27. The lowest BCUT2D eigenvalue weighted by atomic mass is 10.1. The van der Waals surface area contributed by atoms with Crippen molar-refractivity contribution in [1.82, 2.24) is 4.98 Å². The number of ether oxygens (including phenoxy) is 1. The molecule has 0 saturated carbocycles. The van der Waals surface area contributed by atoms with Gasteiger partial charge in [-0.05, 0) is 18.6 Å². The standard InChI is InChI=1S/C12H10FNO2S/c1-7-4-3-5-8(10(7)13)11-14-9(6-17-11)12(15)16-2/h3-6H,1-2H3. The van der Waals surface area contributed by atoms with Gasteiger partial charge in [0, 0.05) is 10.9 Å². The SMILES string of the molecule is COC(=O)c1csc(-c2cccc(C)c2F)n1. The normalized spacial score (nSPS) is 10.3. The topological polar surface area (TPSA) is 39.2 Å². The first-order chi connectivity index (χ1) is 8.13. The number of rotatable bonds is 2. The third-order valence-electron chi connectivity index (χ3n) is 2.32. The van der Waals surface area contributed by atoms with Crippen molar-refractivity contribution in [2.45, 2.75) is 6.92 Å². The van der Waals surface area contributed by atoms with Crippen LogP contribution >= 0.6 is 11.3 Å². The van der Waals surface area contributed by atoms with E-state index in [1.165, 1.54) is 18.4 Å². The molecule has 0 saturated heterocycles. The van der Waals surface area contributed by atoms with Gasteiger partial charge in [-0.1, -0.05) is 12.1 Å². The molecule has 2 rings (SSSR count). The van der Waals surface area contributed by atoms with Gasteiger partial charge in [0.2, 0.25) is 0 Å². The van der Waals surface area contributed by atoms with Gasteiger partial charge >= 0.3 is 5.97 Å². The number of hydrogen-bond acceptors (Lipinski definition) is 4. The summed E-state index contributed by atoms with van der Waals surface area (Å²) in [5.41, 5.74) is 1.16. The quantitative estimate of drug-likeness (QED) is 0.770. The number of nitrogens with zero attached hydrogens (tertiary/aromatic N) is 1. The van der Waals surface area contributed by atoms with E-state index in [0.29, 0.717) is 16.1 Å². The second-order valence-electron chi connectivity index (χ2n) is 3.47. The summed E-state index contributed by atoms with van der Waals surface area (Å²) in [6.07, 6.45) is 0. The third-order valence-corrected chi connectivity index (χ3v) is 3.20. The van der Waals surface area contributed by atoms with E-state index in [0.717, 1.165) is 0 Å². The van der Waals surface area contributed by atoms with Crippen LogP contribution in [0.15, 0.2) is 23.6 Å². The van der Waals surface area contributed by atoms with Crippen LogP contribution in [0, 0.1) is 12.7 Å². The molecule has 0 amide bonds. The van der Waals surface area contributed by atoms with Crippen molar-refractivity contribution in [3.05, 3.63) is 40.7 Å². The molecule has 3 nitrogen and oxygen atoms in total. The first-order valence-corrected chi connectivity index (χ1v) is 5.80. The molecule has 0 aliphatic carbocycles. The largest absolute Gasteiger partial charge is 0.464 e. The van der Waals surface area contributed by atoms with E-state index in [1.807, 2.05) is 0 Å². The molecule has 0 fully saturated rings. The third kappa shape index (κ3) is 2.19. The summed E-state index contributed by atoms with van der Waals surface area (Å²) >= 11 is 1.22. The monoisotopic (exact) mass is 251 g/mol. The number of esters is 1. The van der Waals surface area contributed by atoms with Crippen LogP contribution in [0.5, 0.6) is 0 Å². The van der Waals surface area contributed by atoms with Crippen molar-refractivity contribution in [3.8, 4) is 10.6 Å².